The smallest absolute Gasteiger partial charge is 0.165 e. The molecule has 2 rings (SSSR count). The van der Waals surface area contributed by atoms with Gasteiger partial charge in [-0.1, -0.05) is 24.9 Å². The van der Waals surface area contributed by atoms with E-state index in [1.165, 1.54) is 12.8 Å². The molecule has 19 heavy (non-hydrogen) atoms. The number of halogens is 1. The van der Waals surface area contributed by atoms with E-state index in [1.807, 2.05) is 12.1 Å². The van der Waals surface area contributed by atoms with Gasteiger partial charge in [0.25, 0.3) is 0 Å². The molecular formula is C15H22ClNO2. The summed E-state index contributed by atoms with van der Waals surface area (Å²) in [5.41, 5.74) is 1.08. The first-order chi connectivity index (χ1) is 9.24. The highest BCUT2D eigenvalue weighted by molar-refractivity contribution is 6.30. The molecule has 1 aliphatic carbocycles. The van der Waals surface area contributed by atoms with Crippen LogP contribution in [0, 0.1) is 0 Å². The second kappa shape index (κ2) is 7.01. The number of hydrogen-bond acceptors (Lipinski definition) is 3. The molecule has 0 aromatic heterocycles. The minimum atomic E-state index is 0.661. The van der Waals surface area contributed by atoms with Crippen LogP contribution in [0.1, 0.15) is 38.2 Å². The quantitative estimate of drug-likeness (QED) is 0.737. The van der Waals surface area contributed by atoms with E-state index < -0.39 is 0 Å². The molecule has 0 amide bonds. The number of methoxy groups -OCH3 is 1. The second-order valence-corrected chi connectivity index (χ2v) is 5.39. The van der Waals surface area contributed by atoms with Gasteiger partial charge in [-0.3, -0.25) is 0 Å². The number of benzene rings is 1. The fourth-order valence-corrected chi connectivity index (χ4v) is 2.16. The highest BCUT2D eigenvalue weighted by atomic mass is 35.5. The van der Waals surface area contributed by atoms with Crippen molar-refractivity contribution in [2.45, 2.75) is 45.2 Å². The van der Waals surface area contributed by atoms with Crippen molar-refractivity contribution in [3.8, 4) is 11.5 Å². The predicted molar refractivity (Wildman–Crippen MR) is 78.3 cm³/mol. The van der Waals surface area contributed by atoms with E-state index in [9.17, 15) is 0 Å². The summed E-state index contributed by atoms with van der Waals surface area (Å²) in [6.45, 7) is 3.64. The summed E-state index contributed by atoms with van der Waals surface area (Å²) in [5, 5.41) is 4.18. The van der Waals surface area contributed by atoms with Crippen LogP contribution in [0.15, 0.2) is 12.1 Å². The van der Waals surface area contributed by atoms with E-state index in [0.717, 1.165) is 36.4 Å². The largest absolute Gasteiger partial charge is 0.493 e. The standard InChI is InChI=1S/C15H22ClNO2/c1-3-4-7-19-15-11(10-17-13-5-6-13)8-12(16)9-14(15)18-2/h8-9,13,17H,3-7,10H2,1-2H3. The molecule has 1 aromatic rings. The monoisotopic (exact) mass is 283 g/mol. The Bertz CT molecular complexity index is 419. The lowest BCUT2D eigenvalue weighted by Gasteiger charge is -2.16. The normalized spacial score (nSPS) is 14.5. The molecular weight excluding hydrogens is 262 g/mol. The van der Waals surface area contributed by atoms with Gasteiger partial charge in [-0.05, 0) is 25.3 Å². The fraction of sp³-hybridized carbons (Fsp3) is 0.600. The van der Waals surface area contributed by atoms with Gasteiger partial charge in [-0.2, -0.15) is 0 Å². The summed E-state index contributed by atoms with van der Waals surface area (Å²) >= 11 is 6.13. The number of nitrogens with one attached hydrogen (secondary N) is 1. The van der Waals surface area contributed by atoms with E-state index in [0.29, 0.717) is 17.7 Å². The maximum absolute atomic E-state index is 6.13. The summed E-state index contributed by atoms with van der Waals surface area (Å²) in [7, 11) is 1.65. The number of ether oxygens (including phenoxy) is 2. The van der Waals surface area contributed by atoms with Gasteiger partial charge in [-0.25, -0.2) is 0 Å². The molecule has 4 heteroatoms. The topological polar surface area (TPSA) is 30.5 Å². The molecule has 1 fully saturated rings. The third kappa shape index (κ3) is 4.29. The molecule has 0 spiro atoms. The molecule has 0 aliphatic heterocycles. The molecule has 0 bridgehead atoms. The highest BCUT2D eigenvalue weighted by Crippen LogP contribution is 2.35. The summed E-state index contributed by atoms with van der Waals surface area (Å²) in [5.74, 6) is 1.55. The predicted octanol–water partition coefficient (Wildman–Crippen LogP) is 3.78. The Kier molecular flexibility index (Phi) is 5.34. The van der Waals surface area contributed by atoms with Crippen LogP contribution in [0.2, 0.25) is 5.02 Å². The molecule has 1 aromatic carbocycles. The third-order valence-corrected chi connectivity index (χ3v) is 3.44. The summed E-state index contributed by atoms with van der Waals surface area (Å²) in [6.07, 6.45) is 4.69. The van der Waals surface area contributed by atoms with Crippen molar-refractivity contribution in [1.29, 1.82) is 0 Å². The molecule has 0 heterocycles. The van der Waals surface area contributed by atoms with Gasteiger partial charge in [0.1, 0.15) is 0 Å². The van der Waals surface area contributed by atoms with Crippen molar-refractivity contribution in [1.82, 2.24) is 5.32 Å². The maximum Gasteiger partial charge on any atom is 0.165 e. The second-order valence-electron chi connectivity index (χ2n) is 4.95. The van der Waals surface area contributed by atoms with Gasteiger partial charge < -0.3 is 14.8 Å². The van der Waals surface area contributed by atoms with Crippen molar-refractivity contribution in [3.63, 3.8) is 0 Å². The molecule has 1 aliphatic rings. The minimum absolute atomic E-state index is 0.661. The van der Waals surface area contributed by atoms with Crippen molar-refractivity contribution in [3.05, 3.63) is 22.7 Å². The fourth-order valence-electron chi connectivity index (χ4n) is 1.93. The van der Waals surface area contributed by atoms with E-state index in [1.54, 1.807) is 7.11 Å². The zero-order valence-corrected chi connectivity index (χ0v) is 12.4. The Morgan fingerprint density at radius 3 is 2.79 bits per heavy atom. The van der Waals surface area contributed by atoms with Gasteiger partial charge in [-0.15, -0.1) is 0 Å². The Morgan fingerprint density at radius 2 is 2.16 bits per heavy atom. The molecule has 1 saturated carbocycles. The lowest BCUT2D eigenvalue weighted by Crippen LogP contribution is -2.16. The molecule has 0 saturated heterocycles. The molecule has 0 radical (unpaired) electrons. The van der Waals surface area contributed by atoms with E-state index in [4.69, 9.17) is 21.1 Å². The van der Waals surface area contributed by atoms with Gasteiger partial charge in [0, 0.05) is 29.2 Å². The van der Waals surface area contributed by atoms with Crippen LogP contribution in [0.4, 0.5) is 0 Å². The van der Waals surface area contributed by atoms with Crippen molar-refractivity contribution in [2.24, 2.45) is 0 Å². The highest BCUT2D eigenvalue weighted by Gasteiger charge is 2.21. The minimum Gasteiger partial charge on any atom is -0.493 e. The van der Waals surface area contributed by atoms with Crippen LogP contribution in [-0.2, 0) is 6.54 Å². The molecule has 3 nitrogen and oxygen atoms in total. The summed E-state index contributed by atoms with van der Waals surface area (Å²) < 4.78 is 11.3. The number of hydrogen-bond donors (Lipinski definition) is 1. The molecule has 0 unspecified atom stereocenters. The van der Waals surface area contributed by atoms with Gasteiger partial charge in [0.15, 0.2) is 11.5 Å². The van der Waals surface area contributed by atoms with Crippen LogP contribution < -0.4 is 14.8 Å². The lowest BCUT2D eigenvalue weighted by atomic mass is 10.1. The van der Waals surface area contributed by atoms with Crippen LogP contribution in [-0.4, -0.2) is 19.8 Å². The molecule has 1 N–H and O–H groups in total. The first-order valence-corrected chi connectivity index (χ1v) is 7.35. The first-order valence-electron chi connectivity index (χ1n) is 6.97. The van der Waals surface area contributed by atoms with Crippen LogP contribution in [0.25, 0.3) is 0 Å². The SMILES string of the molecule is CCCCOc1c(CNC2CC2)cc(Cl)cc1OC. The average Bonchev–Trinajstić information content (AvgIpc) is 3.22. The average molecular weight is 284 g/mol. The van der Waals surface area contributed by atoms with E-state index >= 15 is 0 Å². The number of unbranched alkanes of at least 4 members (excludes halogenated alkanes) is 1. The van der Waals surface area contributed by atoms with Crippen LogP contribution >= 0.6 is 11.6 Å². The Labute approximate surface area is 120 Å². The molecule has 0 atom stereocenters. The van der Waals surface area contributed by atoms with Gasteiger partial charge in [0.05, 0.1) is 13.7 Å². The maximum atomic E-state index is 6.13. The van der Waals surface area contributed by atoms with Crippen molar-refractivity contribution in [2.75, 3.05) is 13.7 Å². The zero-order valence-electron chi connectivity index (χ0n) is 11.7. The van der Waals surface area contributed by atoms with Gasteiger partial charge >= 0.3 is 0 Å². The summed E-state index contributed by atoms with van der Waals surface area (Å²) in [6, 6.07) is 4.43. The van der Waals surface area contributed by atoms with Gasteiger partial charge in [0.2, 0.25) is 0 Å². The zero-order chi connectivity index (χ0) is 13.7. The Balaban J connectivity index is 2.12. The van der Waals surface area contributed by atoms with E-state index in [-0.39, 0.29) is 0 Å². The first kappa shape index (κ1) is 14.5. The van der Waals surface area contributed by atoms with E-state index in [2.05, 4.69) is 12.2 Å². The Hall–Kier alpha value is -0.930. The van der Waals surface area contributed by atoms with Crippen LogP contribution in [0.3, 0.4) is 0 Å². The van der Waals surface area contributed by atoms with Crippen LogP contribution in [0.5, 0.6) is 11.5 Å². The third-order valence-electron chi connectivity index (χ3n) is 3.22. The van der Waals surface area contributed by atoms with Crippen molar-refractivity contribution >= 4 is 11.6 Å². The summed E-state index contributed by atoms with van der Waals surface area (Å²) in [4.78, 5) is 0. The Morgan fingerprint density at radius 1 is 1.37 bits per heavy atom. The molecule has 106 valence electrons. The lowest BCUT2D eigenvalue weighted by molar-refractivity contribution is 0.284. The van der Waals surface area contributed by atoms with Crippen molar-refractivity contribution < 1.29 is 9.47 Å². The number of rotatable bonds is 8.